The highest BCUT2D eigenvalue weighted by atomic mass is 35.5. The van der Waals surface area contributed by atoms with Crippen molar-refractivity contribution >= 4 is 29.4 Å². The van der Waals surface area contributed by atoms with Crippen LogP contribution in [0, 0.1) is 12.8 Å². The summed E-state index contributed by atoms with van der Waals surface area (Å²) in [6.45, 7) is 9.34. The van der Waals surface area contributed by atoms with Crippen LogP contribution < -0.4 is 5.73 Å². The molecule has 0 aromatic carbocycles. The van der Waals surface area contributed by atoms with E-state index in [2.05, 4.69) is 17.1 Å². The Hall–Kier alpha value is -1.66. The molecule has 2 N–H and O–H groups in total. The summed E-state index contributed by atoms with van der Waals surface area (Å²) in [7, 11) is 0. The number of aryl methyl sites for hydroxylation is 1. The van der Waals surface area contributed by atoms with Crippen LogP contribution in [0.2, 0.25) is 0 Å². The number of carbonyl (C=O) groups excluding carboxylic acids is 1. The summed E-state index contributed by atoms with van der Waals surface area (Å²) in [6.07, 6.45) is 0.954. The van der Waals surface area contributed by atoms with Crippen molar-refractivity contribution in [3.63, 3.8) is 0 Å². The fraction of sp³-hybridized carbons (Fsp3) is 0.588. The maximum Gasteiger partial charge on any atom is 0.259 e. The van der Waals surface area contributed by atoms with Gasteiger partial charge in [-0.05, 0) is 44.7 Å². The third-order valence-electron chi connectivity index (χ3n) is 4.63. The van der Waals surface area contributed by atoms with Crippen LogP contribution in [0.25, 0.3) is 11.1 Å². The van der Waals surface area contributed by atoms with E-state index in [0.717, 1.165) is 23.2 Å². The number of hydrogen-bond donors (Lipinski definition) is 1. The second kappa shape index (κ2) is 7.07. The second-order valence-electron chi connectivity index (χ2n) is 6.86. The zero-order valence-electron chi connectivity index (χ0n) is 14.6. The van der Waals surface area contributed by atoms with Gasteiger partial charge in [-0.1, -0.05) is 19.0 Å². The summed E-state index contributed by atoms with van der Waals surface area (Å²) in [5, 5.41) is 4.88. The minimum Gasteiger partial charge on any atom is -0.336 e. The van der Waals surface area contributed by atoms with E-state index < -0.39 is 0 Å². The fourth-order valence-electron chi connectivity index (χ4n) is 3.41. The molecule has 1 aliphatic heterocycles. The number of nitrogens with two attached hydrogens (primary N) is 1. The molecule has 0 bridgehead atoms. The van der Waals surface area contributed by atoms with E-state index >= 15 is 0 Å². The predicted molar refractivity (Wildman–Crippen MR) is 95.5 cm³/mol. The van der Waals surface area contributed by atoms with Gasteiger partial charge in [0.1, 0.15) is 0 Å². The van der Waals surface area contributed by atoms with Crippen LogP contribution in [0.1, 0.15) is 54.9 Å². The number of aromatic nitrogens is 2. The number of carbonyl (C=O) groups is 1. The van der Waals surface area contributed by atoms with Crippen molar-refractivity contribution in [1.29, 1.82) is 0 Å². The molecule has 24 heavy (non-hydrogen) atoms. The molecule has 1 fully saturated rings. The summed E-state index contributed by atoms with van der Waals surface area (Å²) in [6, 6.07) is 2.04. The number of nitrogens with zero attached hydrogens (tertiary/aromatic N) is 3. The molecule has 1 amide bonds. The van der Waals surface area contributed by atoms with Gasteiger partial charge in [0, 0.05) is 18.3 Å². The van der Waals surface area contributed by atoms with Crippen molar-refractivity contribution in [3.05, 3.63) is 23.0 Å². The first-order chi connectivity index (χ1) is 10.9. The predicted octanol–water partition coefficient (Wildman–Crippen LogP) is 2.89. The van der Waals surface area contributed by atoms with Gasteiger partial charge in [-0.3, -0.25) is 4.79 Å². The van der Waals surface area contributed by atoms with Gasteiger partial charge < -0.3 is 15.2 Å². The summed E-state index contributed by atoms with van der Waals surface area (Å²) in [5.74, 6) is 0.563. The summed E-state index contributed by atoms with van der Waals surface area (Å²) >= 11 is 0. The van der Waals surface area contributed by atoms with Crippen molar-refractivity contribution in [2.45, 2.75) is 46.1 Å². The largest absolute Gasteiger partial charge is 0.336 e. The Morgan fingerprint density at radius 2 is 2.21 bits per heavy atom. The quantitative estimate of drug-likeness (QED) is 0.917. The van der Waals surface area contributed by atoms with Gasteiger partial charge in [-0.15, -0.1) is 12.4 Å². The molecule has 3 rings (SSSR count). The van der Waals surface area contributed by atoms with Crippen LogP contribution in [0.3, 0.4) is 0 Å². The molecule has 6 nitrogen and oxygen atoms in total. The smallest absolute Gasteiger partial charge is 0.259 e. The number of amides is 1. The Bertz CT molecular complexity index is 744. The van der Waals surface area contributed by atoms with Crippen molar-refractivity contribution in [2.75, 3.05) is 13.1 Å². The van der Waals surface area contributed by atoms with Crippen molar-refractivity contribution in [1.82, 2.24) is 15.0 Å². The average Bonchev–Trinajstić information content (AvgIpc) is 3.08. The number of fused-ring (bicyclic) bond motifs is 1. The molecule has 2 atom stereocenters. The normalized spacial score (nSPS) is 20.7. The molecular formula is C17H25ClN4O2. The molecule has 1 saturated heterocycles. The van der Waals surface area contributed by atoms with Crippen molar-refractivity contribution in [2.24, 2.45) is 11.7 Å². The van der Waals surface area contributed by atoms with Gasteiger partial charge in [0.2, 0.25) is 0 Å². The Morgan fingerprint density at radius 3 is 2.79 bits per heavy atom. The minimum absolute atomic E-state index is 0. The van der Waals surface area contributed by atoms with Gasteiger partial charge in [0.15, 0.2) is 0 Å². The number of rotatable bonds is 3. The maximum atomic E-state index is 13.1. The Balaban J connectivity index is 0.00000208. The van der Waals surface area contributed by atoms with Gasteiger partial charge in [-0.25, -0.2) is 4.98 Å². The van der Waals surface area contributed by atoms with Crippen LogP contribution in [-0.4, -0.2) is 40.1 Å². The number of pyridine rings is 1. The lowest BCUT2D eigenvalue weighted by molar-refractivity contribution is 0.0745. The number of likely N-dealkylation sites (tertiary alicyclic amines) is 1. The zero-order valence-corrected chi connectivity index (χ0v) is 15.4. The van der Waals surface area contributed by atoms with E-state index in [0.29, 0.717) is 30.3 Å². The van der Waals surface area contributed by atoms with E-state index in [4.69, 9.17) is 10.3 Å². The highest BCUT2D eigenvalue weighted by molar-refractivity contribution is 6.06. The van der Waals surface area contributed by atoms with Gasteiger partial charge in [0.05, 0.1) is 16.6 Å². The standard InChI is InChI=1S/C17H24N4O2.ClH/c1-9(2)15-14-13(5-10(3)19-16(14)23-20-15)17(22)21-8-12(7-18)6-11(21)4;/h5,9,11-12H,6-8,18H2,1-4H3;1H. The van der Waals surface area contributed by atoms with E-state index in [9.17, 15) is 4.79 Å². The lowest BCUT2D eigenvalue weighted by atomic mass is 10.0. The van der Waals surface area contributed by atoms with Crippen molar-refractivity contribution in [3.8, 4) is 0 Å². The average molecular weight is 353 g/mol. The molecule has 7 heteroatoms. The monoisotopic (exact) mass is 352 g/mol. The second-order valence-corrected chi connectivity index (χ2v) is 6.86. The molecule has 0 spiro atoms. The van der Waals surface area contributed by atoms with E-state index in [1.807, 2.05) is 31.7 Å². The molecule has 132 valence electrons. The SMILES string of the molecule is Cc1cc(C(=O)N2CC(CN)CC2C)c2c(C(C)C)noc2n1.Cl. The summed E-state index contributed by atoms with van der Waals surface area (Å²) < 4.78 is 5.36. The molecule has 1 aliphatic rings. The number of halogens is 1. The molecule has 0 aliphatic carbocycles. The van der Waals surface area contributed by atoms with Crippen molar-refractivity contribution < 1.29 is 9.32 Å². The van der Waals surface area contributed by atoms with Gasteiger partial charge in [0.25, 0.3) is 11.6 Å². The first-order valence-corrected chi connectivity index (χ1v) is 8.20. The minimum atomic E-state index is 0. The van der Waals surface area contributed by atoms with Crippen LogP contribution in [0.15, 0.2) is 10.6 Å². The van der Waals surface area contributed by atoms with Crippen LogP contribution in [0.4, 0.5) is 0 Å². The summed E-state index contributed by atoms with van der Waals surface area (Å²) in [5.41, 5.74) is 8.42. The first-order valence-electron chi connectivity index (χ1n) is 8.20. The van der Waals surface area contributed by atoms with Gasteiger partial charge in [-0.2, -0.15) is 0 Å². The Morgan fingerprint density at radius 1 is 1.50 bits per heavy atom. The van der Waals surface area contributed by atoms with E-state index in [-0.39, 0.29) is 30.3 Å². The topological polar surface area (TPSA) is 85.2 Å². The van der Waals surface area contributed by atoms with Crippen LogP contribution >= 0.6 is 12.4 Å². The number of hydrogen-bond acceptors (Lipinski definition) is 5. The molecule has 0 saturated carbocycles. The molecule has 3 heterocycles. The summed E-state index contributed by atoms with van der Waals surface area (Å²) in [4.78, 5) is 19.4. The molecule has 2 aromatic rings. The zero-order chi connectivity index (χ0) is 16.7. The van der Waals surface area contributed by atoms with E-state index in [1.165, 1.54) is 0 Å². The lowest BCUT2D eigenvalue weighted by Crippen LogP contribution is -2.34. The third kappa shape index (κ3) is 3.13. The third-order valence-corrected chi connectivity index (χ3v) is 4.63. The van der Waals surface area contributed by atoms with Gasteiger partial charge >= 0.3 is 0 Å². The Labute approximate surface area is 148 Å². The Kier molecular flexibility index (Phi) is 5.50. The van der Waals surface area contributed by atoms with E-state index in [1.54, 1.807) is 0 Å². The molecule has 0 radical (unpaired) electrons. The van der Waals surface area contributed by atoms with Crippen LogP contribution in [-0.2, 0) is 0 Å². The fourth-order valence-corrected chi connectivity index (χ4v) is 3.41. The maximum absolute atomic E-state index is 13.1. The molecule has 2 unspecified atom stereocenters. The van der Waals surface area contributed by atoms with Crippen LogP contribution in [0.5, 0.6) is 0 Å². The molecule has 2 aromatic heterocycles. The first kappa shape index (κ1) is 18.7. The highest BCUT2D eigenvalue weighted by Crippen LogP contribution is 2.31. The lowest BCUT2D eigenvalue weighted by Gasteiger charge is -2.22. The highest BCUT2D eigenvalue weighted by Gasteiger charge is 2.34. The molecular weight excluding hydrogens is 328 g/mol.